The molecule has 0 saturated carbocycles. The van der Waals surface area contributed by atoms with Gasteiger partial charge in [-0.1, -0.05) is 44.2 Å². The Balaban J connectivity index is 2.31. The highest BCUT2D eigenvalue weighted by Gasteiger charge is 2.40. The largest absolute Gasteiger partial charge is 0.480 e. The number of carbonyl (C=O) groups excluding carboxylic acids is 1. The van der Waals surface area contributed by atoms with Crippen molar-refractivity contribution in [3.63, 3.8) is 0 Å². The lowest BCUT2D eigenvalue weighted by molar-refractivity contribution is 0.137. The molecule has 0 fully saturated rings. The van der Waals surface area contributed by atoms with Crippen molar-refractivity contribution in [1.29, 1.82) is 0 Å². The van der Waals surface area contributed by atoms with Crippen LogP contribution in [0.15, 0.2) is 40.3 Å². The van der Waals surface area contributed by atoms with Crippen LogP contribution in [-0.4, -0.2) is 69.1 Å². The maximum Gasteiger partial charge on any atom is 0.407 e. The number of amides is 1. The number of alkyl carbamates (subject to hydrolysis) is 1. The quantitative estimate of drug-likeness (QED) is 0.328. The van der Waals surface area contributed by atoms with Gasteiger partial charge in [0.2, 0.25) is 11.8 Å². The SMILES string of the molecule is CCOC1=N[C@H]([C@H](CNC(=O)OCc2ccccc2)CP(=O)(OCC)OCC)C(OCC)=N[C@H]1C(C)C. The molecule has 11 heteroatoms. The summed E-state index contributed by atoms with van der Waals surface area (Å²) in [6.45, 7) is 12.8. The van der Waals surface area contributed by atoms with E-state index in [0.29, 0.717) is 25.0 Å². The van der Waals surface area contributed by atoms with E-state index in [1.807, 2.05) is 58.0 Å². The summed E-state index contributed by atoms with van der Waals surface area (Å²) in [4.78, 5) is 22.2. The lowest BCUT2D eigenvalue weighted by Gasteiger charge is -2.33. The van der Waals surface area contributed by atoms with Gasteiger partial charge >= 0.3 is 13.7 Å². The molecule has 0 aromatic heterocycles. The van der Waals surface area contributed by atoms with Crippen molar-refractivity contribution in [2.24, 2.45) is 21.8 Å². The Bertz CT molecular complexity index is 929. The van der Waals surface area contributed by atoms with E-state index in [1.54, 1.807) is 13.8 Å². The van der Waals surface area contributed by atoms with Gasteiger partial charge in [0, 0.05) is 12.5 Å². The number of nitrogens with zero attached hydrogens (tertiary/aromatic N) is 2. The normalized spacial score (nSPS) is 18.6. The van der Waals surface area contributed by atoms with Crippen LogP contribution in [0, 0.1) is 11.8 Å². The van der Waals surface area contributed by atoms with Crippen molar-refractivity contribution in [2.45, 2.75) is 60.2 Å². The van der Waals surface area contributed by atoms with Gasteiger partial charge in [0.15, 0.2) is 0 Å². The molecule has 0 bridgehead atoms. The van der Waals surface area contributed by atoms with Crippen LogP contribution in [0.4, 0.5) is 4.79 Å². The summed E-state index contributed by atoms with van der Waals surface area (Å²) >= 11 is 0. The number of hydrogen-bond acceptors (Lipinski definition) is 9. The molecular formula is C26H42N3O7P. The molecule has 0 saturated heterocycles. The second kappa shape index (κ2) is 15.7. The first-order chi connectivity index (χ1) is 17.8. The molecule has 1 N–H and O–H groups in total. The number of benzene rings is 1. The second-order valence-corrected chi connectivity index (χ2v) is 10.9. The summed E-state index contributed by atoms with van der Waals surface area (Å²) in [5.74, 6) is 0.505. The predicted octanol–water partition coefficient (Wildman–Crippen LogP) is 5.07. The molecule has 0 aliphatic carbocycles. The fourth-order valence-corrected chi connectivity index (χ4v) is 5.88. The molecule has 1 aliphatic rings. The van der Waals surface area contributed by atoms with E-state index in [1.165, 1.54) is 0 Å². The van der Waals surface area contributed by atoms with Gasteiger partial charge < -0.3 is 28.6 Å². The average molecular weight is 540 g/mol. The predicted molar refractivity (Wildman–Crippen MR) is 144 cm³/mol. The van der Waals surface area contributed by atoms with Crippen LogP contribution in [0.3, 0.4) is 0 Å². The van der Waals surface area contributed by atoms with Crippen LogP contribution in [0.25, 0.3) is 0 Å². The second-order valence-electron chi connectivity index (χ2n) is 8.77. The number of aliphatic imine (C=N–C) groups is 2. The van der Waals surface area contributed by atoms with E-state index in [2.05, 4.69) is 5.32 Å². The monoisotopic (exact) mass is 539 g/mol. The number of carbonyl (C=O) groups is 1. The summed E-state index contributed by atoms with van der Waals surface area (Å²) in [6, 6.07) is 8.44. The summed E-state index contributed by atoms with van der Waals surface area (Å²) < 4.78 is 41.8. The fraction of sp³-hybridized carbons (Fsp3) is 0.654. The summed E-state index contributed by atoms with van der Waals surface area (Å²) in [5, 5.41) is 2.79. The molecule has 2 rings (SSSR count). The van der Waals surface area contributed by atoms with E-state index < -0.39 is 25.6 Å². The molecular weight excluding hydrogens is 497 g/mol. The van der Waals surface area contributed by atoms with E-state index in [0.717, 1.165) is 5.56 Å². The van der Waals surface area contributed by atoms with Gasteiger partial charge in [0.05, 0.1) is 32.6 Å². The molecule has 0 spiro atoms. The third-order valence-electron chi connectivity index (χ3n) is 5.53. The van der Waals surface area contributed by atoms with Gasteiger partial charge in [-0.05, 0) is 39.2 Å². The number of ether oxygens (including phenoxy) is 3. The third-order valence-corrected chi connectivity index (χ3v) is 7.75. The zero-order valence-corrected chi connectivity index (χ0v) is 23.7. The van der Waals surface area contributed by atoms with Crippen LogP contribution in [0.5, 0.6) is 0 Å². The molecule has 1 heterocycles. The van der Waals surface area contributed by atoms with Crippen LogP contribution >= 0.6 is 7.60 Å². The first-order valence-electron chi connectivity index (χ1n) is 13.0. The summed E-state index contributed by atoms with van der Waals surface area (Å²) in [5.41, 5.74) is 0.870. The van der Waals surface area contributed by atoms with E-state index in [9.17, 15) is 9.36 Å². The first-order valence-corrected chi connectivity index (χ1v) is 14.7. The van der Waals surface area contributed by atoms with Crippen molar-refractivity contribution in [2.75, 3.05) is 39.1 Å². The molecule has 0 radical (unpaired) electrons. The Hall–Kier alpha value is -2.42. The minimum Gasteiger partial charge on any atom is -0.480 e. The third kappa shape index (κ3) is 9.76. The summed E-state index contributed by atoms with van der Waals surface area (Å²) in [7, 11) is -3.49. The Morgan fingerprint density at radius 1 is 0.919 bits per heavy atom. The van der Waals surface area contributed by atoms with Gasteiger partial charge in [-0.3, -0.25) is 4.57 Å². The molecule has 3 atom stereocenters. The Morgan fingerprint density at radius 2 is 1.49 bits per heavy atom. The van der Waals surface area contributed by atoms with Gasteiger partial charge in [0.1, 0.15) is 18.7 Å². The Morgan fingerprint density at radius 3 is 2.03 bits per heavy atom. The maximum absolute atomic E-state index is 13.5. The molecule has 208 valence electrons. The van der Waals surface area contributed by atoms with E-state index >= 15 is 0 Å². The van der Waals surface area contributed by atoms with Gasteiger partial charge in [-0.15, -0.1) is 0 Å². The highest BCUT2D eigenvalue weighted by Crippen LogP contribution is 2.50. The van der Waals surface area contributed by atoms with E-state index in [-0.39, 0.29) is 44.5 Å². The standard InChI is InChI=1S/C26H42N3O7P/c1-7-32-24-22(19(5)6)28-25(33-8-2)23(29-24)21(18-37(31,35-9-3)36-10-4)16-27-26(30)34-17-20-14-12-11-13-15-20/h11-15,19,21-23H,7-10,16-18H2,1-6H3,(H,27,30)/t21-,22+,23-/m1/s1. The zero-order chi connectivity index (χ0) is 27.3. The minimum atomic E-state index is -3.49. The minimum absolute atomic E-state index is 0.000341. The maximum atomic E-state index is 13.5. The molecule has 1 aliphatic heterocycles. The fourth-order valence-electron chi connectivity index (χ4n) is 3.91. The van der Waals surface area contributed by atoms with Crippen molar-refractivity contribution in [3.8, 4) is 0 Å². The van der Waals surface area contributed by atoms with Crippen LogP contribution in [0.1, 0.15) is 47.1 Å². The van der Waals surface area contributed by atoms with Crippen molar-refractivity contribution in [1.82, 2.24) is 5.32 Å². The smallest absolute Gasteiger partial charge is 0.407 e. The Labute approximate surface area is 220 Å². The van der Waals surface area contributed by atoms with Crippen LogP contribution < -0.4 is 5.32 Å². The van der Waals surface area contributed by atoms with Crippen LogP contribution in [0.2, 0.25) is 0 Å². The van der Waals surface area contributed by atoms with Gasteiger partial charge in [-0.2, -0.15) is 0 Å². The molecule has 37 heavy (non-hydrogen) atoms. The van der Waals surface area contributed by atoms with Gasteiger partial charge in [0.25, 0.3) is 0 Å². The zero-order valence-electron chi connectivity index (χ0n) is 22.8. The van der Waals surface area contributed by atoms with Crippen LogP contribution in [-0.2, 0) is 34.4 Å². The lowest BCUT2D eigenvalue weighted by Crippen LogP contribution is -2.46. The van der Waals surface area contributed by atoms with Crippen molar-refractivity contribution in [3.05, 3.63) is 35.9 Å². The first kappa shape index (κ1) is 30.8. The molecule has 1 aromatic rings. The lowest BCUT2D eigenvalue weighted by atomic mass is 9.97. The highest BCUT2D eigenvalue weighted by atomic mass is 31.2. The van der Waals surface area contributed by atoms with E-state index in [4.69, 9.17) is 33.2 Å². The van der Waals surface area contributed by atoms with Crippen molar-refractivity contribution >= 4 is 25.5 Å². The molecule has 0 unspecified atom stereocenters. The van der Waals surface area contributed by atoms with Gasteiger partial charge in [-0.25, -0.2) is 14.8 Å². The number of rotatable bonds is 14. The number of hydrogen-bond donors (Lipinski definition) is 1. The Kier molecular flexibility index (Phi) is 13.1. The topological polar surface area (TPSA) is 117 Å². The number of nitrogens with one attached hydrogen (secondary N) is 1. The average Bonchev–Trinajstić information content (AvgIpc) is 2.87. The molecule has 1 amide bonds. The van der Waals surface area contributed by atoms with Crippen molar-refractivity contribution < 1.29 is 32.6 Å². The molecule has 10 nitrogen and oxygen atoms in total. The highest BCUT2D eigenvalue weighted by molar-refractivity contribution is 7.53. The summed E-state index contributed by atoms with van der Waals surface area (Å²) in [6.07, 6.45) is -0.601. The molecule has 1 aromatic carbocycles.